The summed E-state index contributed by atoms with van der Waals surface area (Å²) in [6, 6.07) is 8.02. The van der Waals surface area contributed by atoms with Crippen molar-refractivity contribution in [2.45, 2.75) is 28.2 Å². The molecule has 0 saturated heterocycles. The first-order chi connectivity index (χ1) is 12.7. The topological polar surface area (TPSA) is 175 Å². The van der Waals surface area contributed by atoms with Crippen LogP contribution < -0.4 is 17.1 Å². The highest BCUT2D eigenvalue weighted by Gasteiger charge is 2.10. The van der Waals surface area contributed by atoms with Crippen molar-refractivity contribution in [3.63, 3.8) is 0 Å². The average Bonchev–Trinajstić information content (AvgIpc) is 2.62. The Balaban J connectivity index is 0.000000518. The lowest BCUT2D eigenvalue weighted by Crippen LogP contribution is -2.14. The van der Waals surface area contributed by atoms with Gasteiger partial charge in [-0.05, 0) is 24.1 Å². The van der Waals surface area contributed by atoms with E-state index >= 15 is 0 Å². The molecular weight excluding hydrogens is 384 g/mol. The number of aromatic nitrogens is 1. The number of nitrogens with one attached hydrogen (secondary N) is 1. The smallest absolute Gasteiger partial charge is 0.398 e. The maximum absolute atomic E-state index is 11.2. The minimum atomic E-state index is -0.891. The number of nitro groups is 2. The van der Waals surface area contributed by atoms with Crippen molar-refractivity contribution < 1.29 is 14.3 Å². The number of non-ortho nitro benzene ring substituents is 2. The van der Waals surface area contributed by atoms with Crippen molar-refractivity contribution >= 4 is 28.0 Å². The molecule has 0 unspecified atom stereocenters. The highest BCUT2D eigenvalue weighted by molar-refractivity contribution is 5.79. The van der Waals surface area contributed by atoms with Crippen LogP contribution >= 0.6 is 0 Å². The van der Waals surface area contributed by atoms with E-state index in [2.05, 4.69) is 9.40 Å². The Kier molecular flexibility index (Phi) is 8.91. The van der Waals surface area contributed by atoms with Gasteiger partial charge in [0.05, 0.1) is 20.7 Å². The van der Waals surface area contributed by atoms with Gasteiger partial charge in [0.1, 0.15) is 0 Å². The Morgan fingerprint density at radius 2 is 1.55 bits per heavy atom. The van der Waals surface area contributed by atoms with Crippen molar-refractivity contribution in [2.24, 2.45) is 0 Å². The molecule has 0 spiro atoms. The Morgan fingerprint density at radius 1 is 1.00 bits per heavy atom. The number of nitrogens with two attached hydrogens (primary N) is 1. The van der Waals surface area contributed by atoms with Crippen LogP contribution in [0.3, 0.4) is 0 Å². The second-order valence-electron chi connectivity index (χ2n) is 5.28. The molecule has 11 nitrogen and oxygen atoms in total. The maximum atomic E-state index is 11.2. The third kappa shape index (κ3) is 5.99. The van der Waals surface area contributed by atoms with Gasteiger partial charge in [-0.15, -0.1) is 0 Å². The molecule has 29 heavy (non-hydrogen) atoms. The number of fused-ring (bicyclic) bond motifs is 1. The van der Waals surface area contributed by atoms with Crippen molar-refractivity contribution in [3.05, 3.63) is 83.2 Å². The van der Waals surface area contributed by atoms with Crippen molar-refractivity contribution in [2.75, 3.05) is 5.73 Å². The zero-order valence-electron chi connectivity index (χ0n) is 14.0. The predicted molar refractivity (Wildman–Crippen MR) is 110 cm³/mol. The summed E-state index contributed by atoms with van der Waals surface area (Å²) < 4.78 is 4.24. The second kappa shape index (κ2) is 10.3. The first-order valence-electron chi connectivity index (χ1n) is 7.57. The number of H-pyrrole nitrogens is 1. The summed E-state index contributed by atoms with van der Waals surface area (Å²) >= 11 is 0. The van der Waals surface area contributed by atoms with Gasteiger partial charge >= 0.3 is 11.4 Å². The molecule has 1 aromatic heterocycles. The van der Waals surface area contributed by atoms with E-state index in [1.54, 1.807) is 6.07 Å². The Bertz CT molecular complexity index is 1130. The molecule has 1 heterocycles. The summed E-state index contributed by atoms with van der Waals surface area (Å²) in [5.74, 6) is -0.888. The number of anilines is 1. The molecule has 0 atom stereocenters. The van der Waals surface area contributed by atoms with Gasteiger partial charge in [0.2, 0.25) is 0 Å². The van der Waals surface area contributed by atoms with Gasteiger partial charge in [0, 0.05) is 30.0 Å². The van der Waals surface area contributed by atoms with Crippen LogP contribution in [0.5, 0.6) is 0 Å². The molecule has 0 saturated carbocycles. The second-order valence-corrected chi connectivity index (χ2v) is 5.28. The summed E-state index contributed by atoms with van der Waals surface area (Å²) in [6.45, 7) is 1.91. The number of hydrogen-bond donors (Lipinski definition) is 2. The van der Waals surface area contributed by atoms with Crippen LogP contribution in [-0.4, -0.2) is 14.8 Å². The summed E-state index contributed by atoms with van der Waals surface area (Å²) in [5.41, 5.74) is 6.20. The minimum Gasteiger partial charge on any atom is -0.398 e. The standard InChI is InChI=1S/C8H4N2O5.C8H10N2O2.2CH4/c11-7-5-3-4(10(13)14)1-2-6(5)9-8(12)15-7;1-2-6-5-7(10(11)12)3-4-8(6)9;;/h1-3H,(H,9,12);3-5H,2,9H2,1H3;2*1H4. The van der Waals surface area contributed by atoms with Crippen molar-refractivity contribution in [3.8, 4) is 0 Å². The molecule has 0 aliphatic rings. The van der Waals surface area contributed by atoms with Crippen LogP contribution in [-0.2, 0) is 6.42 Å². The molecule has 0 radical (unpaired) electrons. The molecule has 0 aliphatic carbocycles. The molecule has 156 valence electrons. The highest BCUT2D eigenvalue weighted by Crippen LogP contribution is 2.19. The number of rotatable bonds is 3. The molecule has 3 N–H and O–H groups in total. The van der Waals surface area contributed by atoms with E-state index in [1.165, 1.54) is 24.3 Å². The molecule has 2 aromatic carbocycles. The molecule has 3 aromatic rings. The van der Waals surface area contributed by atoms with Crippen LogP contribution in [0.2, 0.25) is 0 Å². The number of aromatic amines is 1. The van der Waals surface area contributed by atoms with E-state index in [4.69, 9.17) is 5.73 Å². The lowest BCUT2D eigenvalue weighted by molar-refractivity contribution is -0.385. The minimum absolute atomic E-state index is 0. The van der Waals surface area contributed by atoms with Crippen LogP contribution in [0.25, 0.3) is 10.9 Å². The van der Waals surface area contributed by atoms with Gasteiger partial charge in [0.15, 0.2) is 0 Å². The summed E-state index contributed by atoms with van der Waals surface area (Å²) in [5, 5.41) is 20.7. The fourth-order valence-corrected chi connectivity index (χ4v) is 2.21. The lowest BCUT2D eigenvalue weighted by Gasteiger charge is -2.00. The Morgan fingerprint density at radius 3 is 2.10 bits per heavy atom. The van der Waals surface area contributed by atoms with E-state index < -0.39 is 21.2 Å². The van der Waals surface area contributed by atoms with Gasteiger partial charge in [-0.25, -0.2) is 9.59 Å². The normalized spacial score (nSPS) is 9.41. The molecule has 0 bridgehead atoms. The van der Waals surface area contributed by atoms with Gasteiger partial charge in [-0.1, -0.05) is 21.8 Å². The van der Waals surface area contributed by atoms with Gasteiger partial charge in [-0.3, -0.25) is 25.2 Å². The monoisotopic (exact) mass is 406 g/mol. The quantitative estimate of drug-likeness (QED) is 0.378. The van der Waals surface area contributed by atoms with Gasteiger partial charge in [-0.2, -0.15) is 0 Å². The zero-order chi connectivity index (χ0) is 20.1. The fourth-order valence-electron chi connectivity index (χ4n) is 2.21. The molecule has 0 aliphatic heterocycles. The van der Waals surface area contributed by atoms with Crippen LogP contribution in [0.1, 0.15) is 27.3 Å². The van der Waals surface area contributed by atoms with E-state index in [-0.39, 0.29) is 37.1 Å². The Labute approximate surface area is 165 Å². The summed E-state index contributed by atoms with van der Waals surface area (Å²) in [7, 11) is 0. The highest BCUT2D eigenvalue weighted by atomic mass is 16.6. The third-order valence-electron chi connectivity index (χ3n) is 3.57. The molecular formula is C18H22N4O7. The van der Waals surface area contributed by atoms with E-state index in [0.717, 1.165) is 11.6 Å². The molecule has 0 amide bonds. The third-order valence-corrected chi connectivity index (χ3v) is 3.57. The Hall–Kier alpha value is -4.02. The van der Waals surface area contributed by atoms with Gasteiger partial charge in [0.25, 0.3) is 11.4 Å². The fraction of sp³-hybridized carbons (Fsp3) is 0.222. The molecule has 3 rings (SSSR count). The number of nitrogens with zero attached hydrogens (tertiary/aromatic N) is 2. The molecule has 0 fully saturated rings. The SMILES string of the molecule is C.C.CCc1cc([N+](=O)[O-])ccc1N.O=c1[nH]c2ccc([N+](=O)[O-])cc2c(=O)o1. The van der Waals surface area contributed by atoms with Crippen molar-refractivity contribution in [1.29, 1.82) is 0 Å². The summed E-state index contributed by atoms with van der Waals surface area (Å²) in [6.07, 6.45) is 0.716. The van der Waals surface area contributed by atoms with Crippen LogP contribution in [0, 0.1) is 20.2 Å². The van der Waals surface area contributed by atoms with E-state index in [1.807, 2.05) is 6.92 Å². The number of benzene rings is 2. The lowest BCUT2D eigenvalue weighted by atomic mass is 10.1. The van der Waals surface area contributed by atoms with E-state index in [0.29, 0.717) is 12.1 Å². The van der Waals surface area contributed by atoms with Gasteiger partial charge < -0.3 is 10.2 Å². The van der Waals surface area contributed by atoms with Crippen molar-refractivity contribution in [1.82, 2.24) is 4.98 Å². The zero-order valence-corrected chi connectivity index (χ0v) is 14.0. The van der Waals surface area contributed by atoms with E-state index in [9.17, 15) is 29.8 Å². The summed E-state index contributed by atoms with van der Waals surface area (Å²) in [4.78, 5) is 43.9. The molecule has 11 heteroatoms. The predicted octanol–water partition coefficient (Wildman–Crippen LogP) is 3.40. The number of nitrogen functional groups attached to an aromatic ring is 1. The first kappa shape index (κ1) is 25.0. The maximum Gasteiger partial charge on any atom is 0.419 e. The largest absolute Gasteiger partial charge is 0.419 e. The number of hydrogen-bond acceptors (Lipinski definition) is 8. The average molecular weight is 406 g/mol. The van der Waals surface area contributed by atoms with Crippen LogP contribution in [0.4, 0.5) is 17.1 Å². The number of nitro benzene ring substituents is 2. The van der Waals surface area contributed by atoms with Crippen LogP contribution in [0.15, 0.2) is 50.4 Å². The first-order valence-corrected chi connectivity index (χ1v) is 7.57. The number of aryl methyl sites for hydroxylation is 1.